The number of piperidine rings is 1. The van der Waals surface area contributed by atoms with Crippen LogP contribution in [0.15, 0.2) is 0 Å². The predicted molar refractivity (Wildman–Crippen MR) is 70.5 cm³/mol. The topological polar surface area (TPSA) is 53.0 Å². The molecular formula is C13H26N2O3. The van der Waals surface area contributed by atoms with Crippen LogP contribution in [-0.4, -0.2) is 65.9 Å². The van der Waals surface area contributed by atoms with E-state index in [1.54, 1.807) is 4.90 Å². The van der Waals surface area contributed by atoms with Crippen molar-refractivity contribution in [2.75, 3.05) is 33.3 Å². The summed E-state index contributed by atoms with van der Waals surface area (Å²) >= 11 is 0. The number of carbonyl (C=O) groups is 1. The third-order valence-corrected chi connectivity index (χ3v) is 3.10. The number of hydrogen-bond acceptors (Lipinski definition) is 4. The number of carbonyl (C=O) groups excluding carboxylic acids is 1. The van der Waals surface area contributed by atoms with Crippen LogP contribution in [0.5, 0.6) is 0 Å². The molecule has 1 fully saturated rings. The highest BCUT2D eigenvalue weighted by Crippen LogP contribution is 2.18. The van der Waals surface area contributed by atoms with Crippen molar-refractivity contribution in [3.05, 3.63) is 0 Å². The summed E-state index contributed by atoms with van der Waals surface area (Å²) in [5.74, 6) is 0. The summed E-state index contributed by atoms with van der Waals surface area (Å²) in [6.07, 6.45) is 1.57. The Morgan fingerprint density at radius 1 is 1.39 bits per heavy atom. The van der Waals surface area contributed by atoms with Gasteiger partial charge in [0.05, 0.1) is 6.61 Å². The molecule has 1 N–H and O–H groups in total. The molecule has 1 heterocycles. The molecule has 1 amide bonds. The minimum absolute atomic E-state index is 0.0222. The normalized spacial score (nSPS) is 18.7. The van der Waals surface area contributed by atoms with Crippen molar-refractivity contribution in [3.8, 4) is 0 Å². The summed E-state index contributed by atoms with van der Waals surface area (Å²) in [5.41, 5.74) is -0.490. The molecule has 1 aliphatic rings. The van der Waals surface area contributed by atoms with E-state index in [-0.39, 0.29) is 18.7 Å². The smallest absolute Gasteiger partial charge is 0.410 e. The van der Waals surface area contributed by atoms with Gasteiger partial charge in [-0.05, 0) is 53.8 Å². The van der Waals surface area contributed by atoms with E-state index in [2.05, 4.69) is 11.9 Å². The Morgan fingerprint density at radius 2 is 1.94 bits per heavy atom. The van der Waals surface area contributed by atoms with Gasteiger partial charge in [-0.25, -0.2) is 4.79 Å². The summed E-state index contributed by atoms with van der Waals surface area (Å²) in [7, 11) is 2.08. The van der Waals surface area contributed by atoms with Crippen LogP contribution in [-0.2, 0) is 4.74 Å². The molecule has 0 aromatic carbocycles. The van der Waals surface area contributed by atoms with E-state index >= 15 is 0 Å². The molecule has 5 nitrogen and oxygen atoms in total. The van der Waals surface area contributed by atoms with E-state index in [1.807, 2.05) is 20.8 Å². The lowest BCUT2D eigenvalue weighted by Gasteiger charge is -2.37. The van der Waals surface area contributed by atoms with Gasteiger partial charge < -0.3 is 19.6 Å². The van der Waals surface area contributed by atoms with Gasteiger partial charge in [-0.3, -0.25) is 0 Å². The van der Waals surface area contributed by atoms with Crippen molar-refractivity contribution in [1.29, 1.82) is 0 Å². The first-order valence-corrected chi connectivity index (χ1v) is 6.62. The summed E-state index contributed by atoms with van der Waals surface area (Å²) in [5, 5.41) is 9.11. The van der Waals surface area contributed by atoms with Gasteiger partial charge in [0.15, 0.2) is 0 Å². The fourth-order valence-corrected chi connectivity index (χ4v) is 2.16. The maximum atomic E-state index is 12.1. The Kier molecular flexibility index (Phi) is 5.41. The molecule has 0 spiro atoms. The zero-order valence-electron chi connectivity index (χ0n) is 12.0. The van der Waals surface area contributed by atoms with Gasteiger partial charge in [-0.2, -0.15) is 0 Å². The standard InChI is InChI=1S/C13H26N2O3/c1-13(2,3)18-12(17)15(9-10-16)11-5-7-14(4)8-6-11/h11,16H,5-10H2,1-4H3. The van der Waals surface area contributed by atoms with Gasteiger partial charge in [0.25, 0.3) is 0 Å². The summed E-state index contributed by atoms with van der Waals surface area (Å²) < 4.78 is 5.39. The molecule has 106 valence electrons. The highest BCUT2D eigenvalue weighted by atomic mass is 16.6. The van der Waals surface area contributed by atoms with Crippen LogP contribution in [0.25, 0.3) is 0 Å². The molecule has 1 rings (SSSR count). The highest BCUT2D eigenvalue weighted by Gasteiger charge is 2.29. The van der Waals surface area contributed by atoms with Crippen LogP contribution < -0.4 is 0 Å². The van der Waals surface area contributed by atoms with Gasteiger partial charge in [0, 0.05) is 12.6 Å². The van der Waals surface area contributed by atoms with Crippen molar-refractivity contribution >= 4 is 6.09 Å². The zero-order chi connectivity index (χ0) is 13.8. The van der Waals surface area contributed by atoms with Crippen molar-refractivity contribution in [3.63, 3.8) is 0 Å². The quantitative estimate of drug-likeness (QED) is 0.829. The fourth-order valence-electron chi connectivity index (χ4n) is 2.16. The van der Waals surface area contributed by atoms with Crippen LogP contribution in [0, 0.1) is 0 Å². The second-order valence-corrected chi connectivity index (χ2v) is 5.93. The maximum Gasteiger partial charge on any atom is 0.410 e. The molecular weight excluding hydrogens is 232 g/mol. The number of hydrogen-bond donors (Lipinski definition) is 1. The van der Waals surface area contributed by atoms with Gasteiger partial charge in [0.1, 0.15) is 5.60 Å². The molecule has 0 aromatic rings. The van der Waals surface area contributed by atoms with Crippen molar-refractivity contribution in [1.82, 2.24) is 9.80 Å². The van der Waals surface area contributed by atoms with Crippen molar-refractivity contribution in [2.45, 2.75) is 45.3 Å². The van der Waals surface area contributed by atoms with Gasteiger partial charge >= 0.3 is 6.09 Å². The average molecular weight is 258 g/mol. The molecule has 18 heavy (non-hydrogen) atoms. The Morgan fingerprint density at radius 3 is 2.39 bits per heavy atom. The number of aliphatic hydroxyl groups is 1. The number of likely N-dealkylation sites (tertiary alicyclic amines) is 1. The SMILES string of the molecule is CN1CCC(N(CCO)C(=O)OC(C)(C)C)CC1. The Balaban J connectivity index is 2.61. The lowest BCUT2D eigenvalue weighted by molar-refractivity contribution is 0.00528. The van der Waals surface area contributed by atoms with Crippen molar-refractivity contribution in [2.24, 2.45) is 0 Å². The van der Waals surface area contributed by atoms with E-state index in [4.69, 9.17) is 9.84 Å². The number of amides is 1. The highest BCUT2D eigenvalue weighted by molar-refractivity contribution is 5.68. The summed E-state index contributed by atoms with van der Waals surface area (Å²) in [6, 6.07) is 0.184. The molecule has 0 saturated carbocycles. The van der Waals surface area contributed by atoms with Gasteiger partial charge in [0.2, 0.25) is 0 Å². The lowest BCUT2D eigenvalue weighted by Crippen LogP contribution is -2.49. The number of nitrogens with zero attached hydrogens (tertiary/aromatic N) is 2. The van der Waals surface area contributed by atoms with Gasteiger partial charge in [-0.1, -0.05) is 0 Å². The van der Waals surface area contributed by atoms with Crippen LogP contribution in [0.4, 0.5) is 4.79 Å². The molecule has 0 aromatic heterocycles. The van der Waals surface area contributed by atoms with Crippen LogP contribution in [0.3, 0.4) is 0 Å². The molecule has 0 radical (unpaired) electrons. The summed E-state index contributed by atoms with van der Waals surface area (Å²) in [4.78, 5) is 16.0. The molecule has 0 aliphatic carbocycles. The largest absolute Gasteiger partial charge is 0.444 e. The van der Waals surface area contributed by atoms with Crippen LogP contribution in [0.1, 0.15) is 33.6 Å². The van der Waals surface area contributed by atoms with E-state index in [0.717, 1.165) is 25.9 Å². The first-order chi connectivity index (χ1) is 8.33. The summed E-state index contributed by atoms with van der Waals surface area (Å²) in [6.45, 7) is 7.86. The Labute approximate surface area is 110 Å². The lowest BCUT2D eigenvalue weighted by atomic mass is 10.0. The number of aliphatic hydroxyl groups excluding tert-OH is 1. The first-order valence-electron chi connectivity index (χ1n) is 6.62. The Bertz CT molecular complexity index is 268. The minimum Gasteiger partial charge on any atom is -0.444 e. The van der Waals surface area contributed by atoms with E-state index in [0.29, 0.717) is 6.54 Å². The maximum absolute atomic E-state index is 12.1. The molecule has 1 aliphatic heterocycles. The number of rotatable bonds is 3. The Hall–Kier alpha value is -0.810. The van der Waals surface area contributed by atoms with Crippen LogP contribution >= 0.6 is 0 Å². The van der Waals surface area contributed by atoms with Crippen LogP contribution in [0.2, 0.25) is 0 Å². The third-order valence-electron chi connectivity index (χ3n) is 3.10. The molecule has 0 unspecified atom stereocenters. The van der Waals surface area contributed by atoms with Crippen molar-refractivity contribution < 1.29 is 14.6 Å². The third kappa shape index (κ3) is 4.82. The van der Waals surface area contributed by atoms with E-state index < -0.39 is 5.60 Å². The second-order valence-electron chi connectivity index (χ2n) is 5.93. The second kappa shape index (κ2) is 6.38. The van der Waals surface area contributed by atoms with E-state index in [1.165, 1.54) is 0 Å². The zero-order valence-corrected chi connectivity index (χ0v) is 12.0. The first kappa shape index (κ1) is 15.2. The van der Waals surface area contributed by atoms with Gasteiger partial charge in [-0.15, -0.1) is 0 Å². The molecule has 5 heteroatoms. The molecule has 0 atom stereocenters. The predicted octanol–water partition coefficient (Wildman–Crippen LogP) is 1.31. The monoisotopic (exact) mass is 258 g/mol. The minimum atomic E-state index is -0.490. The fraction of sp³-hybridized carbons (Fsp3) is 0.923. The number of ether oxygens (including phenoxy) is 1. The average Bonchev–Trinajstić information content (AvgIpc) is 2.25. The molecule has 1 saturated heterocycles. The molecule has 0 bridgehead atoms. The van der Waals surface area contributed by atoms with E-state index in [9.17, 15) is 4.79 Å².